The SMILES string of the molecule is CC1C=CC=[N+](C)C1=O.CC1C=CC=[N+](C)C1=O.O=S(=O)([O-])[O-]. The predicted octanol–water partition coefficient (Wildman–Crippen LogP) is -0.474. The second kappa shape index (κ2) is 9.23. The van der Waals surface area contributed by atoms with Gasteiger partial charge in [0, 0.05) is 10.4 Å². The molecule has 0 saturated carbocycles. The Kier molecular flexibility index (Phi) is 8.44. The highest BCUT2D eigenvalue weighted by Crippen LogP contribution is 2.02. The van der Waals surface area contributed by atoms with E-state index in [1.807, 2.05) is 38.2 Å². The zero-order chi connectivity index (χ0) is 18.2. The van der Waals surface area contributed by atoms with E-state index in [2.05, 4.69) is 0 Å². The normalized spacial score (nSPS) is 23.0. The average Bonchev–Trinajstić information content (AvgIpc) is 2.41. The van der Waals surface area contributed by atoms with Crippen molar-refractivity contribution < 1.29 is 36.3 Å². The van der Waals surface area contributed by atoms with Crippen molar-refractivity contribution in [3.05, 3.63) is 24.3 Å². The van der Waals surface area contributed by atoms with Crippen LogP contribution in [-0.4, -0.2) is 65.0 Å². The molecule has 0 saturated heterocycles. The topological polar surface area (TPSA) is 120 Å². The highest BCUT2D eigenvalue weighted by Gasteiger charge is 2.21. The molecule has 0 radical (unpaired) electrons. The van der Waals surface area contributed by atoms with Crippen LogP contribution in [0.1, 0.15) is 13.8 Å². The fraction of sp³-hybridized carbons (Fsp3) is 0.429. The van der Waals surface area contributed by atoms with Crippen LogP contribution < -0.4 is 0 Å². The molecule has 0 aromatic rings. The van der Waals surface area contributed by atoms with Gasteiger partial charge in [0.2, 0.25) is 0 Å². The molecule has 0 aliphatic carbocycles. The minimum absolute atomic E-state index is 0.0556. The summed E-state index contributed by atoms with van der Waals surface area (Å²) in [6.07, 6.45) is 11.1. The molecule has 2 unspecified atom stereocenters. The van der Waals surface area contributed by atoms with Crippen LogP contribution >= 0.6 is 0 Å². The van der Waals surface area contributed by atoms with Crippen LogP contribution in [0.25, 0.3) is 0 Å². The summed E-state index contributed by atoms with van der Waals surface area (Å²) in [7, 11) is -1.63. The van der Waals surface area contributed by atoms with E-state index in [9.17, 15) is 9.59 Å². The quantitative estimate of drug-likeness (QED) is 0.333. The summed E-state index contributed by atoms with van der Waals surface area (Å²) in [6, 6.07) is 0. The van der Waals surface area contributed by atoms with Gasteiger partial charge in [0.05, 0.1) is 0 Å². The van der Waals surface area contributed by atoms with E-state index in [0.717, 1.165) is 0 Å². The van der Waals surface area contributed by atoms with E-state index in [-0.39, 0.29) is 23.7 Å². The van der Waals surface area contributed by atoms with E-state index in [1.54, 1.807) is 35.7 Å². The summed E-state index contributed by atoms with van der Waals surface area (Å²) in [4.78, 5) is 21.9. The summed E-state index contributed by atoms with van der Waals surface area (Å²) in [5.41, 5.74) is 0. The highest BCUT2D eigenvalue weighted by molar-refractivity contribution is 7.79. The smallest absolute Gasteiger partial charge is 0.393 e. The number of rotatable bonds is 0. The van der Waals surface area contributed by atoms with Crippen LogP contribution in [-0.2, 0) is 20.0 Å². The maximum absolute atomic E-state index is 11.0. The predicted molar refractivity (Wildman–Crippen MR) is 81.6 cm³/mol. The van der Waals surface area contributed by atoms with E-state index in [0.29, 0.717) is 0 Å². The maximum atomic E-state index is 11.0. The lowest BCUT2D eigenvalue weighted by atomic mass is 10.1. The van der Waals surface area contributed by atoms with Gasteiger partial charge in [0.15, 0.2) is 12.4 Å². The van der Waals surface area contributed by atoms with E-state index < -0.39 is 10.4 Å². The van der Waals surface area contributed by atoms with Crippen molar-refractivity contribution in [3.63, 3.8) is 0 Å². The summed E-state index contributed by atoms with van der Waals surface area (Å²) in [5.74, 6) is 0.440. The van der Waals surface area contributed by atoms with Crippen LogP contribution in [0.15, 0.2) is 24.3 Å². The molecular weight excluding hydrogens is 324 g/mol. The lowest BCUT2D eigenvalue weighted by Gasteiger charge is -2.06. The molecule has 0 bridgehead atoms. The molecule has 0 aromatic heterocycles. The summed E-state index contributed by atoms with van der Waals surface area (Å²) in [6.45, 7) is 3.78. The lowest BCUT2D eigenvalue weighted by Crippen LogP contribution is -2.25. The standard InChI is InChI=1S/2C7H10NO.H2O4S/c2*1-6-4-3-5-8(2)7(6)9;1-5(2,3)4/h2*3-6H,1-2H3;(H2,1,2,3,4)/q2*+1;/p-2. The zero-order valence-corrected chi connectivity index (χ0v) is 14.2. The fourth-order valence-corrected chi connectivity index (χ4v) is 1.64. The number of hydrogen-bond donors (Lipinski definition) is 0. The first-order valence-electron chi connectivity index (χ1n) is 6.67. The van der Waals surface area contributed by atoms with Crippen molar-refractivity contribution in [2.24, 2.45) is 11.8 Å². The highest BCUT2D eigenvalue weighted by atomic mass is 32.3. The van der Waals surface area contributed by atoms with Gasteiger partial charge in [-0.05, 0) is 26.0 Å². The number of nitrogens with zero attached hydrogens (tertiary/aromatic N) is 2. The molecule has 2 atom stereocenters. The lowest BCUT2D eigenvalue weighted by molar-refractivity contribution is -0.418. The van der Waals surface area contributed by atoms with Gasteiger partial charge in [-0.25, -0.2) is 9.59 Å². The van der Waals surface area contributed by atoms with Crippen LogP contribution in [0.4, 0.5) is 0 Å². The molecule has 2 aliphatic heterocycles. The average molecular weight is 344 g/mol. The minimum atomic E-state index is -5.17. The van der Waals surface area contributed by atoms with Crippen LogP contribution in [0.3, 0.4) is 0 Å². The van der Waals surface area contributed by atoms with Crippen LogP contribution in [0.2, 0.25) is 0 Å². The van der Waals surface area contributed by atoms with Gasteiger partial charge in [-0.2, -0.15) is 9.15 Å². The molecule has 23 heavy (non-hydrogen) atoms. The van der Waals surface area contributed by atoms with E-state index >= 15 is 0 Å². The third-order valence-corrected chi connectivity index (χ3v) is 2.89. The monoisotopic (exact) mass is 344 g/mol. The Labute approximate surface area is 135 Å². The third kappa shape index (κ3) is 9.61. The van der Waals surface area contributed by atoms with Gasteiger partial charge in [-0.15, -0.1) is 0 Å². The molecule has 0 N–H and O–H groups in total. The van der Waals surface area contributed by atoms with Crippen molar-refractivity contribution in [1.29, 1.82) is 0 Å². The van der Waals surface area contributed by atoms with Gasteiger partial charge in [0.1, 0.15) is 25.9 Å². The number of amides is 2. The fourth-order valence-electron chi connectivity index (χ4n) is 1.64. The van der Waals surface area contributed by atoms with Crippen molar-refractivity contribution >= 4 is 34.6 Å². The Morgan fingerprint density at radius 3 is 1.30 bits per heavy atom. The molecular formula is C14H20N2O6S. The molecule has 0 spiro atoms. The van der Waals surface area contributed by atoms with Crippen molar-refractivity contribution in [1.82, 2.24) is 0 Å². The Morgan fingerprint density at radius 1 is 0.870 bits per heavy atom. The van der Waals surface area contributed by atoms with Crippen LogP contribution in [0.5, 0.6) is 0 Å². The maximum Gasteiger partial charge on any atom is 0.393 e. The van der Waals surface area contributed by atoms with E-state index in [4.69, 9.17) is 17.5 Å². The summed E-state index contributed by atoms with van der Waals surface area (Å²) >= 11 is 0. The molecule has 9 heteroatoms. The molecule has 0 aromatic carbocycles. The number of carbonyl (C=O) groups is 2. The second-order valence-corrected chi connectivity index (χ2v) is 5.77. The Bertz CT molecular complexity index is 621. The number of allylic oxidation sites excluding steroid dienone is 2. The summed E-state index contributed by atoms with van der Waals surface area (Å²) in [5, 5.41) is 0. The Balaban J connectivity index is 0.000000332. The Hall–Kier alpha value is -1.97. The Morgan fingerprint density at radius 2 is 1.13 bits per heavy atom. The minimum Gasteiger partial charge on any atom is -0.759 e. The molecule has 2 amide bonds. The van der Waals surface area contributed by atoms with Gasteiger partial charge in [0.25, 0.3) is 0 Å². The van der Waals surface area contributed by atoms with Crippen molar-refractivity contribution in [3.8, 4) is 0 Å². The van der Waals surface area contributed by atoms with Gasteiger partial charge in [-0.1, -0.05) is 12.2 Å². The van der Waals surface area contributed by atoms with E-state index in [1.165, 1.54) is 0 Å². The zero-order valence-electron chi connectivity index (χ0n) is 13.4. The summed E-state index contributed by atoms with van der Waals surface area (Å²) < 4.78 is 37.3. The number of hydrogen-bond acceptors (Lipinski definition) is 6. The molecule has 2 aliphatic rings. The third-order valence-electron chi connectivity index (χ3n) is 2.89. The molecule has 8 nitrogen and oxygen atoms in total. The molecule has 128 valence electrons. The van der Waals surface area contributed by atoms with Gasteiger partial charge < -0.3 is 9.11 Å². The van der Waals surface area contributed by atoms with Gasteiger partial charge >= 0.3 is 11.8 Å². The first-order valence-corrected chi connectivity index (χ1v) is 8.00. The van der Waals surface area contributed by atoms with Crippen LogP contribution in [0, 0.1) is 11.8 Å². The second-order valence-electron chi connectivity index (χ2n) is 4.95. The van der Waals surface area contributed by atoms with Crippen molar-refractivity contribution in [2.75, 3.05) is 14.1 Å². The first-order chi connectivity index (χ1) is 10.4. The largest absolute Gasteiger partial charge is 0.759 e. The van der Waals surface area contributed by atoms with Crippen molar-refractivity contribution in [2.45, 2.75) is 13.8 Å². The number of carbonyl (C=O) groups excluding carboxylic acids is 2. The molecule has 2 heterocycles. The molecule has 2 rings (SSSR count). The first kappa shape index (κ1) is 21.0. The van der Waals surface area contributed by atoms with Gasteiger partial charge in [-0.3, -0.25) is 8.42 Å². The molecule has 0 fully saturated rings.